The number of aryl methyl sites for hydroxylation is 2. The van der Waals surface area contributed by atoms with Gasteiger partial charge in [0.2, 0.25) is 12.8 Å². The van der Waals surface area contributed by atoms with Gasteiger partial charge in [0.05, 0.1) is 5.41 Å². The first-order valence-electron chi connectivity index (χ1n) is 9.55. The molecule has 0 bridgehead atoms. The number of hydrogen-bond acceptors (Lipinski definition) is 4. The third kappa shape index (κ3) is 3.31. The minimum atomic E-state index is -0.607. The zero-order chi connectivity index (χ0) is 20.1. The SMILES string of the molecule is CCC(=N)C1(CCN)c2ccc(NC=O)cc2CCc2cc(NC=O)ccc21. The van der Waals surface area contributed by atoms with Crippen LogP contribution < -0.4 is 16.4 Å². The highest BCUT2D eigenvalue weighted by Gasteiger charge is 2.41. The zero-order valence-corrected chi connectivity index (χ0v) is 16.0. The predicted molar refractivity (Wildman–Crippen MR) is 112 cm³/mol. The normalized spacial score (nSPS) is 14.2. The summed E-state index contributed by atoms with van der Waals surface area (Å²) >= 11 is 0. The molecule has 2 aromatic rings. The van der Waals surface area contributed by atoms with Crippen molar-refractivity contribution in [3.05, 3.63) is 58.7 Å². The Morgan fingerprint density at radius 2 is 1.54 bits per heavy atom. The Morgan fingerprint density at radius 1 is 1.04 bits per heavy atom. The van der Waals surface area contributed by atoms with Gasteiger partial charge in [0.15, 0.2) is 0 Å². The van der Waals surface area contributed by atoms with Gasteiger partial charge in [-0.2, -0.15) is 0 Å². The summed E-state index contributed by atoms with van der Waals surface area (Å²) in [5.41, 5.74) is 11.9. The van der Waals surface area contributed by atoms with Crippen molar-refractivity contribution in [2.45, 2.75) is 38.0 Å². The second-order valence-electron chi connectivity index (χ2n) is 7.04. The van der Waals surface area contributed by atoms with Crippen molar-refractivity contribution in [1.82, 2.24) is 0 Å². The van der Waals surface area contributed by atoms with Gasteiger partial charge in [0, 0.05) is 17.1 Å². The zero-order valence-electron chi connectivity index (χ0n) is 16.0. The van der Waals surface area contributed by atoms with E-state index in [-0.39, 0.29) is 0 Å². The van der Waals surface area contributed by atoms with Crippen molar-refractivity contribution in [3.8, 4) is 0 Å². The summed E-state index contributed by atoms with van der Waals surface area (Å²) in [5, 5.41) is 14.4. The summed E-state index contributed by atoms with van der Waals surface area (Å²) in [5.74, 6) is 0. The van der Waals surface area contributed by atoms with E-state index in [9.17, 15) is 9.59 Å². The maximum absolute atomic E-state index is 10.9. The molecule has 0 spiro atoms. The number of fused-ring (bicyclic) bond motifs is 2. The van der Waals surface area contributed by atoms with Crippen molar-refractivity contribution in [2.75, 3.05) is 17.2 Å². The lowest BCUT2D eigenvalue weighted by Crippen LogP contribution is -2.39. The molecule has 0 fully saturated rings. The van der Waals surface area contributed by atoms with Crippen LogP contribution in [0.2, 0.25) is 0 Å². The Balaban J connectivity index is 2.28. The van der Waals surface area contributed by atoms with Gasteiger partial charge in [-0.15, -0.1) is 0 Å². The molecular weight excluding hydrogens is 352 g/mol. The molecule has 6 nitrogen and oxygen atoms in total. The van der Waals surface area contributed by atoms with E-state index in [1.807, 2.05) is 43.3 Å². The van der Waals surface area contributed by atoms with E-state index in [0.717, 1.165) is 46.5 Å². The van der Waals surface area contributed by atoms with E-state index in [0.29, 0.717) is 37.9 Å². The fraction of sp³-hybridized carbons (Fsp3) is 0.318. The first-order chi connectivity index (χ1) is 13.6. The number of benzene rings is 2. The molecule has 0 saturated heterocycles. The minimum absolute atomic E-state index is 0.448. The van der Waals surface area contributed by atoms with Crippen LogP contribution in [0.3, 0.4) is 0 Å². The van der Waals surface area contributed by atoms with Gasteiger partial charge >= 0.3 is 0 Å². The Morgan fingerprint density at radius 3 is 1.93 bits per heavy atom. The van der Waals surface area contributed by atoms with Gasteiger partial charge in [-0.1, -0.05) is 19.1 Å². The first kappa shape index (κ1) is 19.8. The Labute approximate surface area is 165 Å². The smallest absolute Gasteiger partial charge is 0.211 e. The second-order valence-corrected chi connectivity index (χ2v) is 7.04. The molecule has 3 rings (SSSR count). The number of nitrogens with two attached hydrogens (primary N) is 1. The monoisotopic (exact) mass is 378 g/mol. The van der Waals surface area contributed by atoms with Gasteiger partial charge in [0.25, 0.3) is 0 Å². The van der Waals surface area contributed by atoms with Crippen LogP contribution in [0.25, 0.3) is 0 Å². The van der Waals surface area contributed by atoms with Crippen molar-refractivity contribution in [3.63, 3.8) is 0 Å². The second kappa shape index (κ2) is 8.35. The number of rotatable bonds is 8. The summed E-state index contributed by atoms with van der Waals surface area (Å²) in [6, 6.07) is 11.8. The molecule has 0 aromatic heterocycles. The summed E-state index contributed by atoms with van der Waals surface area (Å²) in [6.07, 6.45) is 4.15. The van der Waals surface area contributed by atoms with Crippen LogP contribution in [0.4, 0.5) is 11.4 Å². The molecule has 0 saturated carbocycles. The topological polar surface area (TPSA) is 108 Å². The van der Waals surface area contributed by atoms with E-state index in [2.05, 4.69) is 10.6 Å². The quantitative estimate of drug-likeness (QED) is 0.419. The van der Waals surface area contributed by atoms with Crippen LogP contribution in [0.15, 0.2) is 36.4 Å². The maximum atomic E-state index is 10.9. The maximum Gasteiger partial charge on any atom is 0.211 e. The predicted octanol–water partition coefficient (Wildman–Crippen LogP) is 2.99. The van der Waals surface area contributed by atoms with Crippen LogP contribution in [-0.4, -0.2) is 25.1 Å². The molecular formula is C22H26N4O2. The summed E-state index contributed by atoms with van der Waals surface area (Å²) in [4.78, 5) is 21.8. The molecule has 1 aliphatic carbocycles. The van der Waals surface area contributed by atoms with Crippen LogP contribution >= 0.6 is 0 Å². The van der Waals surface area contributed by atoms with E-state index < -0.39 is 5.41 Å². The van der Waals surface area contributed by atoms with Gasteiger partial charge < -0.3 is 21.8 Å². The van der Waals surface area contributed by atoms with E-state index >= 15 is 0 Å². The standard InChI is InChI=1S/C22H26N4O2/c1-2-21(24)22(9-10-23)19-7-5-17(25-13-27)11-15(19)3-4-16-12-18(26-14-28)6-8-20(16)22/h5-8,11-14,24H,2-4,9-10,23H2,1H3,(H,25,27)(H,26,28). The highest BCUT2D eigenvalue weighted by molar-refractivity contribution is 5.97. The number of carbonyl (C=O) groups excluding carboxylic acids is 2. The first-order valence-corrected chi connectivity index (χ1v) is 9.55. The Hall–Kier alpha value is -2.99. The summed E-state index contributed by atoms with van der Waals surface area (Å²) < 4.78 is 0. The van der Waals surface area contributed by atoms with Crippen molar-refractivity contribution >= 4 is 29.9 Å². The molecule has 0 radical (unpaired) electrons. The lowest BCUT2D eigenvalue weighted by Gasteiger charge is -2.37. The summed E-state index contributed by atoms with van der Waals surface area (Å²) in [6.45, 7) is 2.44. The van der Waals surface area contributed by atoms with Crippen molar-refractivity contribution < 1.29 is 9.59 Å². The van der Waals surface area contributed by atoms with Crippen molar-refractivity contribution in [1.29, 1.82) is 5.41 Å². The number of amides is 2. The van der Waals surface area contributed by atoms with E-state index in [1.165, 1.54) is 0 Å². The molecule has 1 aliphatic rings. The molecule has 0 heterocycles. The number of hydrogen-bond donors (Lipinski definition) is 4. The van der Waals surface area contributed by atoms with Crippen LogP contribution in [0, 0.1) is 5.41 Å². The van der Waals surface area contributed by atoms with Gasteiger partial charge in [0.1, 0.15) is 0 Å². The van der Waals surface area contributed by atoms with Crippen LogP contribution in [0.1, 0.15) is 42.0 Å². The fourth-order valence-corrected chi connectivity index (χ4v) is 4.43. The highest BCUT2D eigenvalue weighted by atomic mass is 16.1. The lowest BCUT2D eigenvalue weighted by molar-refractivity contribution is -0.106. The highest BCUT2D eigenvalue weighted by Crippen LogP contribution is 2.44. The summed E-state index contributed by atoms with van der Waals surface area (Å²) in [7, 11) is 0. The minimum Gasteiger partial charge on any atom is -0.330 e. The molecule has 0 aliphatic heterocycles. The molecule has 0 unspecified atom stereocenters. The van der Waals surface area contributed by atoms with Crippen LogP contribution in [0.5, 0.6) is 0 Å². The molecule has 2 amide bonds. The number of carbonyl (C=O) groups is 2. The molecule has 6 heteroatoms. The average molecular weight is 378 g/mol. The largest absolute Gasteiger partial charge is 0.330 e. The lowest BCUT2D eigenvalue weighted by atomic mass is 9.66. The third-order valence-electron chi connectivity index (χ3n) is 5.63. The molecule has 2 aromatic carbocycles. The van der Waals surface area contributed by atoms with Crippen LogP contribution in [-0.2, 0) is 27.8 Å². The molecule has 28 heavy (non-hydrogen) atoms. The average Bonchev–Trinajstić information content (AvgIpc) is 2.83. The molecule has 5 N–H and O–H groups in total. The number of anilines is 2. The van der Waals surface area contributed by atoms with Gasteiger partial charge in [-0.25, -0.2) is 0 Å². The van der Waals surface area contributed by atoms with Gasteiger partial charge in [-0.05, 0) is 78.7 Å². The number of nitrogens with one attached hydrogen (secondary N) is 3. The Kier molecular flexibility index (Phi) is 5.90. The van der Waals surface area contributed by atoms with E-state index in [1.54, 1.807) is 0 Å². The van der Waals surface area contributed by atoms with E-state index in [4.69, 9.17) is 11.1 Å². The Bertz CT molecular complexity index is 846. The van der Waals surface area contributed by atoms with Crippen molar-refractivity contribution in [2.24, 2.45) is 5.73 Å². The fourth-order valence-electron chi connectivity index (χ4n) is 4.43. The molecule has 0 atom stereocenters. The third-order valence-corrected chi connectivity index (χ3v) is 5.63. The van der Waals surface area contributed by atoms with Gasteiger partial charge in [-0.3, -0.25) is 9.59 Å². The molecule has 146 valence electrons.